The Hall–Kier alpha value is -1.95. The fourth-order valence-electron chi connectivity index (χ4n) is 2.90. The maximum Gasteiger partial charge on any atom is 0.155 e. The molecule has 1 fully saturated rings. The molecule has 128 valence electrons. The number of benzene rings is 1. The summed E-state index contributed by atoms with van der Waals surface area (Å²) >= 11 is 12.6. The molecule has 25 heavy (non-hydrogen) atoms. The number of hydrogen-bond acceptors (Lipinski definition) is 4. The number of hydrogen-bond donors (Lipinski definition) is 1. The van der Waals surface area contributed by atoms with Gasteiger partial charge in [-0.2, -0.15) is 5.10 Å². The molecule has 0 radical (unpaired) electrons. The third-order valence-corrected chi connectivity index (χ3v) is 5.29. The maximum atomic E-state index is 9.83. The zero-order chi connectivity index (χ0) is 17.4. The van der Waals surface area contributed by atoms with Gasteiger partial charge in [0.25, 0.3) is 0 Å². The summed E-state index contributed by atoms with van der Waals surface area (Å²) in [5.74, 6) is 1.40. The first-order valence-electron chi connectivity index (χ1n) is 8.03. The Morgan fingerprint density at radius 2 is 1.76 bits per heavy atom. The van der Waals surface area contributed by atoms with Crippen molar-refractivity contribution in [2.24, 2.45) is 0 Å². The normalized spacial score (nSPS) is 15.3. The smallest absolute Gasteiger partial charge is 0.155 e. The summed E-state index contributed by atoms with van der Waals surface area (Å²) in [7, 11) is 0. The van der Waals surface area contributed by atoms with Crippen molar-refractivity contribution in [1.29, 1.82) is 0 Å². The van der Waals surface area contributed by atoms with Crippen LogP contribution in [0.3, 0.4) is 0 Å². The molecule has 1 aromatic carbocycles. The first-order chi connectivity index (χ1) is 12.1. The molecule has 0 spiro atoms. The summed E-state index contributed by atoms with van der Waals surface area (Å²) in [5.41, 5.74) is 1.37. The van der Waals surface area contributed by atoms with Gasteiger partial charge < -0.3 is 5.11 Å². The molecule has 7 heteroatoms. The van der Waals surface area contributed by atoms with Gasteiger partial charge in [-0.3, -0.25) is 4.98 Å². The van der Waals surface area contributed by atoms with E-state index in [1.807, 2.05) is 18.2 Å². The van der Waals surface area contributed by atoms with Crippen molar-refractivity contribution in [3.05, 3.63) is 70.0 Å². The molecule has 1 saturated carbocycles. The van der Waals surface area contributed by atoms with Gasteiger partial charge in [-0.25, -0.2) is 9.67 Å². The number of aliphatic hydroxyl groups excluding tert-OH is 1. The van der Waals surface area contributed by atoms with Crippen molar-refractivity contribution >= 4 is 23.2 Å². The van der Waals surface area contributed by atoms with Crippen molar-refractivity contribution in [3.63, 3.8) is 0 Å². The summed E-state index contributed by atoms with van der Waals surface area (Å²) < 4.78 is 1.80. The fourth-order valence-corrected chi connectivity index (χ4v) is 3.43. The van der Waals surface area contributed by atoms with E-state index >= 15 is 0 Å². The van der Waals surface area contributed by atoms with Crippen LogP contribution in [0, 0.1) is 0 Å². The van der Waals surface area contributed by atoms with Gasteiger partial charge in [-0.05, 0) is 42.7 Å². The van der Waals surface area contributed by atoms with E-state index < -0.39 is 0 Å². The van der Waals surface area contributed by atoms with E-state index in [9.17, 15) is 5.11 Å². The van der Waals surface area contributed by atoms with Crippen molar-refractivity contribution in [2.75, 3.05) is 6.61 Å². The summed E-state index contributed by atoms with van der Waals surface area (Å²) in [6, 6.07) is 9.17. The Labute approximate surface area is 155 Å². The predicted octanol–water partition coefficient (Wildman–Crippen LogP) is 3.58. The van der Waals surface area contributed by atoms with E-state index in [2.05, 4.69) is 10.1 Å². The number of pyridine rings is 1. The number of halogens is 2. The molecule has 2 heterocycles. The third-order valence-electron chi connectivity index (χ3n) is 4.59. The van der Waals surface area contributed by atoms with Gasteiger partial charge in [0, 0.05) is 28.9 Å². The van der Waals surface area contributed by atoms with Crippen LogP contribution < -0.4 is 0 Å². The highest BCUT2D eigenvalue weighted by Gasteiger charge is 2.48. The van der Waals surface area contributed by atoms with Crippen LogP contribution in [0.5, 0.6) is 0 Å². The van der Waals surface area contributed by atoms with Crippen LogP contribution in [0.25, 0.3) is 5.69 Å². The lowest BCUT2D eigenvalue weighted by atomic mass is 10.1. The van der Waals surface area contributed by atoms with Crippen LogP contribution in [0.2, 0.25) is 10.0 Å². The van der Waals surface area contributed by atoms with Gasteiger partial charge in [-0.1, -0.05) is 29.3 Å². The summed E-state index contributed by atoms with van der Waals surface area (Å²) in [4.78, 5) is 8.77. The third kappa shape index (κ3) is 3.03. The second-order valence-corrected chi connectivity index (χ2v) is 7.10. The Kier molecular flexibility index (Phi) is 4.23. The van der Waals surface area contributed by atoms with E-state index in [0.29, 0.717) is 22.3 Å². The summed E-state index contributed by atoms with van der Waals surface area (Å²) in [5, 5.41) is 15.7. The quantitative estimate of drug-likeness (QED) is 0.740. The molecule has 0 saturated heterocycles. The maximum absolute atomic E-state index is 9.83. The average Bonchev–Trinajstić information content (AvgIpc) is 3.32. The highest BCUT2D eigenvalue weighted by molar-refractivity contribution is 6.36. The highest BCUT2D eigenvalue weighted by Crippen LogP contribution is 2.47. The second-order valence-electron chi connectivity index (χ2n) is 6.28. The molecule has 0 unspecified atom stereocenters. The van der Waals surface area contributed by atoms with Crippen molar-refractivity contribution < 1.29 is 5.11 Å². The first-order valence-corrected chi connectivity index (χ1v) is 8.79. The topological polar surface area (TPSA) is 63.8 Å². The first kappa shape index (κ1) is 16.5. The summed E-state index contributed by atoms with van der Waals surface area (Å²) in [6.45, 7) is 0.0586. The molecule has 1 N–H and O–H groups in total. The minimum absolute atomic E-state index is 0.0586. The standard InChI is InChI=1S/C18H16Cl2N4O/c19-14-2-1-3-15(20)13(14)10-16-22-17(18(11-25)6-7-18)24(23-16)12-4-8-21-9-5-12/h1-5,8-9,25H,6-7,10-11H2. The second kappa shape index (κ2) is 6.41. The number of nitrogens with zero attached hydrogens (tertiary/aromatic N) is 4. The zero-order valence-electron chi connectivity index (χ0n) is 13.4. The minimum Gasteiger partial charge on any atom is -0.395 e. The molecular weight excluding hydrogens is 359 g/mol. The lowest BCUT2D eigenvalue weighted by Crippen LogP contribution is -2.18. The molecule has 5 nitrogen and oxygen atoms in total. The zero-order valence-corrected chi connectivity index (χ0v) is 14.9. The van der Waals surface area contributed by atoms with Gasteiger partial charge in [0.2, 0.25) is 0 Å². The van der Waals surface area contributed by atoms with Crippen LogP contribution >= 0.6 is 23.2 Å². The highest BCUT2D eigenvalue weighted by atomic mass is 35.5. The molecule has 0 amide bonds. The molecule has 1 aliphatic rings. The average molecular weight is 375 g/mol. The monoisotopic (exact) mass is 374 g/mol. The Balaban J connectivity index is 1.78. The number of aromatic nitrogens is 4. The molecule has 0 bridgehead atoms. The molecule has 1 aliphatic carbocycles. The molecule has 2 aromatic heterocycles. The number of aliphatic hydroxyl groups is 1. The van der Waals surface area contributed by atoms with E-state index in [4.69, 9.17) is 28.2 Å². The van der Waals surface area contributed by atoms with E-state index in [0.717, 1.165) is 29.9 Å². The number of rotatable bonds is 5. The summed E-state index contributed by atoms with van der Waals surface area (Å²) in [6.07, 6.45) is 5.66. The van der Waals surface area contributed by atoms with Crippen molar-refractivity contribution in [2.45, 2.75) is 24.7 Å². The van der Waals surface area contributed by atoms with Gasteiger partial charge in [-0.15, -0.1) is 0 Å². The Morgan fingerprint density at radius 1 is 1.08 bits per heavy atom. The predicted molar refractivity (Wildman–Crippen MR) is 96.4 cm³/mol. The minimum atomic E-state index is -0.307. The molecule has 4 rings (SSSR count). The van der Waals surface area contributed by atoms with Crippen LogP contribution in [0.1, 0.15) is 30.1 Å². The molecular formula is C18H16Cl2N4O. The van der Waals surface area contributed by atoms with Gasteiger partial charge in [0.15, 0.2) is 5.82 Å². The van der Waals surface area contributed by atoms with E-state index in [1.165, 1.54) is 0 Å². The van der Waals surface area contributed by atoms with Crippen LogP contribution in [0.15, 0.2) is 42.7 Å². The Morgan fingerprint density at radius 3 is 2.36 bits per heavy atom. The molecule has 0 aliphatic heterocycles. The van der Waals surface area contributed by atoms with Crippen LogP contribution in [-0.2, 0) is 11.8 Å². The lowest BCUT2D eigenvalue weighted by Gasteiger charge is -2.12. The van der Waals surface area contributed by atoms with Gasteiger partial charge in [0.05, 0.1) is 17.7 Å². The van der Waals surface area contributed by atoms with Gasteiger partial charge >= 0.3 is 0 Å². The Bertz CT molecular complexity index is 886. The largest absolute Gasteiger partial charge is 0.395 e. The molecule has 0 atom stereocenters. The van der Waals surface area contributed by atoms with Crippen molar-refractivity contribution in [3.8, 4) is 5.69 Å². The molecule has 3 aromatic rings. The van der Waals surface area contributed by atoms with E-state index in [1.54, 1.807) is 29.2 Å². The fraction of sp³-hybridized carbons (Fsp3) is 0.278. The van der Waals surface area contributed by atoms with E-state index in [-0.39, 0.29) is 12.0 Å². The lowest BCUT2D eigenvalue weighted by molar-refractivity contribution is 0.248. The van der Waals surface area contributed by atoms with Gasteiger partial charge in [0.1, 0.15) is 5.82 Å². The van der Waals surface area contributed by atoms with Crippen LogP contribution in [0.4, 0.5) is 0 Å². The van der Waals surface area contributed by atoms with Crippen LogP contribution in [-0.4, -0.2) is 31.5 Å². The van der Waals surface area contributed by atoms with Crippen molar-refractivity contribution in [1.82, 2.24) is 19.7 Å². The SMILES string of the molecule is OCC1(c2nc(Cc3c(Cl)cccc3Cl)nn2-c2ccncc2)CC1.